The first-order valence-electron chi connectivity index (χ1n) is 17.9. The Labute approximate surface area is 271 Å². The van der Waals surface area contributed by atoms with Crippen LogP contribution in [0.25, 0.3) is 5.57 Å². The zero-order chi connectivity index (χ0) is 32.4. The maximum Gasteiger partial charge on any atom is 0.335 e. The fraction of sp³-hybridized carbons (Fsp3) is 0.718. The molecule has 4 saturated carbocycles. The molecule has 0 radical (unpaired) electrons. The van der Waals surface area contributed by atoms with Gasteiger partial charge in [-0.15, -0.1) is 10.2 Å². The maximum atomic E-state index is 11.4. The number of aromatic nitrogens is 2. The van der Waals surface area contributed by atoms with Crippen molar-refractivity contribution in [2.75, 3.05) is 14.1 Å². The Morgan fingerprint density at radius 3 is 2.33 bits per heavy atom. The van der Waals surface area contributed by atoms with Gasteiger partial charge in [-0.3, -0.25) is 0 Å². The van der Waals surface area contributed by atoms with Crippen molar-refractivity contribution < 1.29 is 14.3 Å². The Hall–Kier alpha value is -2.47. The normalized spacial score (nSPS) is 40.3. The average Bonchev–Trinajstić information content (AvgIpc) is 3.66. The van der Waals surface area contributed by atoms with Crippen LogP contribution in [0.4, 0.5) is 0 Å². The summed E-state index contributed by atoms with van der Waals surface area (Å²) in [4.78, 5) is 13.5. The molecule has 6 heteroatoms. The Kier molecular flexibility index (Phi) is 8.40. The fourth-order valence-corrected chi connectivity index (χ4v) is 12.2. The third-order valence-electron chi connectivity index (χ3n) is 14.4. The van der Waals surface area contributed by atoms with Gasteiger partial charge in [0.05, 0.1) is 17.5 Å². The van der Waals surface area contributed by atoms with Crippen molar-refractivity contribution in [2.45, 2.75) is 118 Å². The van der Waals surface area contributed by atoms with E-state index in [0.717, 1.165) is 24.1 Å². The van der Waals surface area contributed by atoms with E-state index in [1.54, 1.807) is 12.1 Å². The van der Waals surface area contributed by atoms with Gasteiger partial charge >= 0.3 is 5.97 Å². The largest absolute Gasteiger partial charge is 0.478 e. The number of allylic oxidation sites excluding steroid dienone is 2. The lowest BCUT2D eigenvalue weighted by atomic mass is 9.33. The lowest BCUT2D eigenvalue weighted by molar-refractivity contribution is -0.211. The molecule has 246 valence electrons. The molecule has 6 unspecified atom stereocenters. The Bertz CT molecular complexity index is 1430. The molecule has 5 aliphatic rings. The van der Waals surface area contributed by atoms with E-state index in [2.05, 4.69) is 57.9 Å². The molecule has 0 spiro atoms. The minimum Gasteiger partial charge on any atom is -0.478 e. The summed E-state index contributed by atoms with van der Waals surface area (Å²) in [6.07, 6.45) is 15.1. The van der Waals surface area contributed by atoms with Crippen molar-refractivity contribution in [2.24, 2.45) is 45.8 Å². The van der Waals surface area contributed by atoms with E-state index >= 15 is 0 Å². The maximum absolute atomic E-state index is 11.4. The van der Waals surface area contributed by atoms with Crippen LogP contribution in [0.2, 0.25) is 0 Å². The Morgan fingerprint density at radius 2 is 1.64 bits per heavy atom. The predicted octanol–water partition coefficient (Wildman–Crippen LogP) is 9.27. The van der Waals surface area contributed by atoms with Crippen LogP contribution in [0.15, 0.2) is 34.8 Å². The highest BCUT2D eigenvalue weighted by atomic mass is 16.4. The van der Waals surface area contributed by atoms with E-state index < -0.39 is 5.97 Å². The summed E-state index contributed by atoms with van der Waals surface area (Å²) in [5.74, 6) is 4.06. The van der Waals surface area contributed by atoms with Gasteiger partial charge in [0.15, 0.2) is 0 Å². The standard InChI is InChI=1S/C37H51N3O3.C2H6/c1-23-26(24-9-11-25(12-10-24)32(41)42)15-18-34(2)27(23)16-19-36(4)30(34)14-13-28-29-8-7-17-37(29,21-20-35(28,36)3)33-39-38-31(43-33)22-40(5)6;1-2/h9-12,15,23,27-30H,7-8,13-14,16-22H2,1-6H3,(H,41,42);1-2H3/t23?,27?,28?,29-,30-,34?,35-,36?,37?;/m1./s1. The first-order valence-corrected chi connectivity index (χ1v) is 17.9. The van der Waals surface area contributed by atoms with Gasteiger partial charge in [-0.1, -0.05) is 66.2 Å². The number of carboxylic acids is 1. The van der Waals surface area contributed by atoms with Crippen LogP contribution in [-0.4, -0.2) is 40.3 Å². The number of fused-ring (bicyclic) bond motifs is 7. The Balaban J connectivity index is 0.00000175. The molecular weight excluding hydrogens is 558 g/mol. The summed E-state index contributed by atoms with van der Waals surface area (Å²) >= 11 is 0. The highest BCUT2D eigenvalue weighted by Crippen LogP contribution is 2.76. The molecule has 0 amide bonds. The summed E-state index contributed by atoms with van der Waals surface area (Å²) < 4.78 is 6.45. The van der Waals surface area contributed by atoms with Crippen molar-refractivity contribution in [3.8, 4) is 0 Å². The first kappa shape index (κ1) is 32.5. The number of aromatic carboxylic acids is 1. The first-order chi connectivity index (χ1) is 21.4. The van der Waals surface area contributed by atoms with Crippen LogP contribution in [-0.2, 0) is 12.0 Å². The zero-order valence-electron chi connectivity index (χ0n) is 29.2. The third-order valence-corrected chi connectivity index (χ3v) is 14.4. The van der Waals surface area contributed by atoms with E-state index in [0.29, 0.717) is 52.0 Å². The van der Waals surface area contributed by atoms with Gasteiger partial charge in [0.1, 0.15) is 0 Å². The molecule has 45 heavy (non-hydrogen) atoms. The molecule has 0 aliphatic heterocycles. The van der Waals surface area contributed by atoms with Crippen LogP contribution < -0.4 is 0 Å². The number of nitrogens with zero attached hydrogens (tertiary/aromatic N) is 3. The lowest BCUT2D eigenvalue weighted by Gasteiger charge is -2.71. The SMILES string of the molecule is CC.CC1C(c2ccc(C(=O)O)cc2)=CCC2(C)C1CCC1(C)[C@@H]2CCC2[C@H]3CCCC3(c3nnc(CN(C)C)o3)CC[C@]21C. The number of rotatable bonds is 5. The van der Waals surface area contributed by atoms with Crippen molar-refractivity contribution in [3.63, 3.8) is 0 Å². The quantitative estimate of drug-likeness (QED) is 0.361. The molecule has 9 atom stereocenters. The summed E-state index contributed by atoms with van der Waals surface area (Å²) in [7, 11) is 4.12. The van der Waals surface area contributed by atoms with Crippen molar-refractivity contribution in [1.82, 2.24) is 15.1 Å². The zero-order valence-corrected chi connectivity index (χ0v) is 29.2. The number of benzene rings is 1. The average molecular weight is 616 g/mol. The molecular formula is C39H57N3O3. The van der Waals surface area contributed by atoms with E-state index in [-0.39, 0.29) is 5.41 Å². The summed E-state index contributed by atoms with van der Waals surface area (Å²) in [5.41, 5.74) is 4.00. The highest BCUT2D eigenvalue weighted by molar-refractivity contribution is 5.88. The van der Waals surface area contributed by atoms with E-state index in [9.17, 15) is 9.90 Å². The fourth-order valence-electron chi connectivity index (χ4n) is 12.2. The molecule has 5 aliphatic carbocycles. The van der Waals surface area contributed by atoms with E-state index in [1.807, 2.05) is 26.0 Å². The molecule has 2 aromatic rings. The molecule has 0 bridgehead atoms. The van der Waals surface area contributed by atoms with Crippen LogP contribution in [0, 0.1) is 45.8 Å². The molecule has 1 aromatic heterocycles. The van der Waals surface area contributed by atoms with E-state index in [1.165, 1.54) is 68.9 Å². The van der Waals surface area contributed by atoms with Gasteiger partial charge < -0.3 is 14.4 Å². The van der Waals surface area contributed by atoms with Gasteiger partial charge in [-0.2, -0.15) is 0 Å². The monoisotopic (exact) mass is 615 g/mol. The smallest absolute Gasteiger partial charge is 0.335 e. The van der Waals surface area contributed by atoms with Crippen LogP contribution in [0.1, 0.15) is 133 Å². The van der Waals surface area contributed by atoms with Crippen molar-refractivity contribution in [1.29, 1.82) is 0 Å². The second kappa shape index (κ2) is 11.6. The number of carbonyl (C=O) groups is 1. The molecule has 0 saturated heterocycles. The van der Waals surface area contributed by atoms with Gasteiger partial charge in [-0.25, -0.2) is 4.79 Å². The molecule has 1 aromatic carbocycles. The lowest BCUT2D eigenvalue weighted by Crippen LogP contribution is -2.64. The van der Waals surface area contributed by atoms with Crippen molar-refractivity contribution in [3.05, 3.63) is 53.2 Å². The number of hydrogen-bond donors (Lipinski definition) is 1. The summed E-state index contributed by atoms with van der Waals surface area (Å²) in [6, 6.07) is 7.58. The molecule has 7 rings (SSSR count). The van der Waals surface area contributed by atoms with Crippen LogP contribution in [0.3, 0.4) is 0 Å². The highest BCUT2D eigenvalue weighted by Gasteiger charge is 2.69. The van der Waals surface area contributed by atoms with Gasteiger partial charge in [0, 0.05) is 0 Å². The van der Waals surface area contributed by atoms with Gasteiger partial charge in [-0.05, 0) is 141 Å². The predicted molar refractivity (Wildman–Crippen MR) is 180 cm³/mol. The minimum atomic E-state index is -0.857. The second-order valence-corrected chi connectivity index (χ2v) is 16.2. The van der Waals surface area contributed by atoms with Crippen LogP contribution in [0.5, 0.6) is 0 Å². The summed E-state index contributed by atoms with van der Waals surface area (Å²) in [6.45, 7) is 15.2. The third kappa shape index (κ3) is 4.78. The molecule has 4 fully saturated rings. The molecule has 1 heterocycles. The van der Waals surface area contributed by atoms with Crippen molar-refractivity contribution >= 4 is 11.5 Å². The topological polar surface area (TPSA) is 79.5 Å². The second-order valence-electron chi connectivity index (χ2n) is 16.2. The van der Waals surface area contributed by atoms with Gasteiger partial charge in [0.2, 0.25) is 11.8 Å². The molecule has 6 nitrogen and oxygen atoms in total. The minimum absolute atomic E-state index is 0.0687. The summed E-state index contributed by atoms with van der Waals surface area (Å²) in [5, 5.41) is 18.6. The van der Waals surface area contributed by atoms with Crippen LogP contribution >= 0.6 is 0 Å². The van der Waals surface area contributed by atoms with E-state index in [4.69, 9.17) is 9.52 Å². The molecule has 1 N–H and O–H groups in total. The number of carboxylic acid groups (broad SMARTS) is 1. The Morgan fingerprint density at radius 1 is 0.911 bits per heavy atom. The van der Waals surface area contributed by atoms with Gasteiger partial charge in [0.25, 0.3) is 0 Å². The number of hydrogen-bond acceptors (Lipinski definition) is 5.